The first-order valence-corrected chi connectivity index (χ1v) is 7.18. The van der Waals surface area contributed by atoms with Crippen molar-refractivity contribution in [2.24, 2.45) is 0 Å². The van der Waals surface area contributed by atoms with Gasteiger partial charge in [-0.05, 0) is 41.5 Å². The van der Waals surface area contributed by atoms with Gasteiger partial charge in [-0.2, -0.15) is 18.3 Å². The van der Waals surface area contributed by atoms with Crippen LogP contribution in [-0.2, 0) is 17.4 Å². The van der Waals surface area contributed by atoms with Gasteiger partial charge in [-0.15, -0.1) is 0 Å². The molecule has 1 aromatic carbocycles. The first kappa shape index (κ1) is 16.3. The number of carboxylic acid groups (broad SMARTS) is 1. The van der Waals surface area contributed by atoms with Crippen molar-refractivity contribution in [2.75, 3.05) is 0 Å². The molecule has 0 fully saturated rings. The number of fused-ring (bicyclic) bond motifs is 1. The lowest BCUT2D eigenvalue weighted by Gasteiger charge is -2.13. The molecule has 2 aromatic heterocycles. The maximum absolute atomic E-state index is 13.2. The number of pyridine rings is 1. The molecule has 0 radical (unpaired) electrons. The average Bonchev–Trinajstić information content (AvgIpc) is 2.87. The normalized spacial score (nSPS) is 11.8. The Bertz CT molecular complexity index is 935. The van der Waals surface area contributed by atoms with Gasteiger partial charge in [0, 0.05) is 16.8 Å². The van der Waals surface area contributed by atoms with E-state index in [0.29, 0.717) is 11.1 Å². The minimum atomic E-state index is -4.53. The first-order chi connectivity index (χ1) is 11.3. The number of aliphatic carboxylic acids is 1. The summed E-state index contributed by atoms with van der Waals surface area (Å²) in [7, 11) is 0. The highest BCUT2D eigenvalue weighted by Crippen LogP contribution is 2.38. The second-order valence-corrected chi connectivity index (χ2v) is 5.61. The molecule has 0 aliphatic carbocycles. The van der Waals surface area contributed by atoms with Crippen molar-refractivity contribution in [3.05, 3.63) is 58.9 Å². The lowest BCUT2D eigenvalue weighted by Crippen LogP contribution is -2.07. The fourth-order valence-corrected chi connectivity index (χ4v) is 2.67. The third kappa shape index (κ3) is 3.07. The van der Waals surface area contributed by atoms with Crippen LogP contribution in [0.3, 0.4) is 0 Å². The maximum atomic E-state index is 13.2. The number of hydrogen-bond acceptors (Lipinski definition) is 2. The Hall–Kier alpha value is -2.54. The minimum absolute atomic E-state index is 0.0695. The molecule has 0 saturated heterocycles. The summed E-state index contributed by atoms with van der Waals surface area (Å²) in [4.78, 5) is 10.9. The largest absolute Gasteiger partial charge is 0.481 e. The van der Waals surface area contributed by atoms with Crippen molar-refractivity contribution in [1.82, 2.24) is 9.61 Å². The topological polar surface area (TPSA) is 54.6 Å². The fraction of sp³-hybridized carbons (Fsp3) is 0.125. The molecule has 0 saturated carbocycles. The molecule has 0 aliphatic heterocycles. The van der Waals surface area contributed by atoms with Gasteiger partial charge in [-0.25, -0.2) is 4.52 Å². The van der Waals surface area contributed by atoms with E-state index in [1.165, 1.54) is 41.2 Å². The van der Waals surface area contributed by atoms with E-state index in [2.05, 4.69) is 5.10 Å². The predicted octanol–water partition coefficient (Wildman–Crippen LogP) is 4.30. The quantitative estimate of drug-likeness (QED) is 0.763. The fourth-order valence-electron chi connectivity index (χ4n) is 2.50. The highest BCUT2D eigenvalue weighted by atomic mass is 35.5. The number of halogens is 4. The van der Waals surface area contributed by atoms with Crippen molar-refractivity contribution >= 4 is 23.1 Å². The van der Waals surface area contributed by atoms with E-state index in [-0.39, 0.29) is 22.6 Å². The van der Waals surface area contributed by atoms with Crippen LogP contribution in [-0.4, -0.2) is 20.7 Å². The Kier molecular flexibility index (Phi) is 3.96. The average molecular weight is 355 g/mol. The van der Waals surface area contributed by atoms with Gasteiger partial charge in [0.2, 0.25) is 0 Å². The molecular weight excluding hydrogens is 345 g/mol. The smallest absolute Gasteiger partial charge is 0.417 e. The van der Waals surface area contributed by atoms with E-state index in [1.54, 1.807) is 0 Å². The van der Waals surface area contributed by atoms with Crippen molar-refractivity contribution < 1.29 is 23.1 Å². The Morgan fingerprint density at radius 2 is 2.00 bits per heavy atom. The second-order valence-electron chi connectivity index (χ2n) is 5.17. The number of benzene rings is 1. The van der Waals surface area contributed by atoms with E-state index in [9.17, 15) is 18.0 Å². The van der Waals surface area contributed by atoms with Gasteiger partial charge in [0.1, 0.15) is 0 Å². The van der Waals surface area contributed by atoms with Crippen LogP contribution in [0.1, 0.15) is 11.1 Å². The van der Waals surface area contributed by atoms with Gasteiger partial charge in [0.25, 0.3) is 0 Å². The molecule has 8 heteroatoms. The minimum Gasteiger partial charge on any atom is -0.481 e. The third-order valence-corrected chi connectivity index (χ3v) is 3.78. The van der Waals surface area contributed by atoms with E-state index < -0.39 is 17.7 Å². The molecule has 0 amide bonds. The van der Waals surface area contributed by atoms with Gasteiger partial charge >= 0.3 is 12.1 Å². The number of rotatable bonds is 3. The van der Waals surface area contributed by atoms with Crippen LogP contribution in [0.25, 0.3) is 16.6 Å². The summed E-state index contributed by atoms with van der Waals surface area (Å²) in [5, 5.41) is 13.1. The summed E-state index contributed by atoms with van der Waals surface area (Å²) in [6.45, 7) is 0. The Morgan fingerprint density at radius 1 is 1.25 bits per heavy atom. The number of aromatic nitrogens is 2. The zero-order valence-corrected chi connectivity index (χ0v) is 12.8. The molecule has 0 bridgehead atoms. The van der Waals surface area contributed by atoms with E-state index in [1.807, 2.05) is 0 Å². The summed E-state index contributed by atoms with van der Waals surface area (Å²) >= 11 is 5.85. The molecule has 0 spiro atoms. The van der Waals surface area contributed by atoms with Crippen molar-refractivity contribution in [3.63, 3.8) is 0 Å². The Labute approximate surface area is 139 Å². The zero-order valence-electron chi connectivity index (χ0n) is 12.0. The highest BCUT2D eigenvalue weighted by molar-refractivity contribution is 6.30. The number of carbonyl (C=O) groups is 1. The van der Waals surface area contributed by atoms with Crippen LogP contribution < -0.4 is 0 Å². The first-order valence-electron chi connectivity index (χ1n) is 6.81. The second kappa shape index (κ2) is 5.83. The summed E-state index contributed by atoms with van der Waals surface area (Å²) in [5.41, 5.74) is 0.253. The van der Waals surface area contributed by atoms with Gasteiger partial charge in [0.05, 0.1) is 23.7 Å². The van der Waals surface area contributed by atoms with E-state index in [4.69, 9.17) is 16.7 Å². The molecule has 0 atom stereocenters. The van der Waals surface area contributed by atoms with Crippen LogP contribution in [0, 0.1) is 0 Å². The molecule has 2 heterocycles. The molecule has 0 aliphatic rings. The van der Waals surface area contributed by atoms with Crippen LogP contribution in [0.4, 0.5) is 13.2 Å². The summed E-state index contributed by atoms with van der Waals surface area (Å²) in [6.07, 6.45) is -1.93. The molecule has 24 heavy (non-hydrogen) atoms. The van der Waals surface area contributed by atoms with Crippen LogP contribution >= 0.6 is 11.6 Å². The Morgan fingerprint density at radius 3 is 2.67 bits per heavy atom. The molecule has 3 rings (SSSR count). The van der Waals surface area contributed by atoms with Crippen molar-refractivity contribution in [2.45, 2.75) is 12.6 Å². The highest BCUT2D eigenvalue weighted by Gasteiger charge is 2.33. The van der Waals surface area contributed by atoms with Crippen molar-refractivity contribution in [1.29, 1.82) is 0 Å². The van der Waals surface area contributed by atoms with Gasteiger partial charge < -0.3 is 5.11 Å². The maximum Gasteiger partial charge on any atom is 0.417 e. The van der Waals surface area contributed by atoms with Crippen LogP contribution in [0.5, 0.6) is 0 Å². The van der Waals surface area contributed by atoms with Crippen LogP contribution in [0.2, 0.25) is 5.02 Å². The number of carboxylic acids is 1. The molecule has 3 aromatic rings. The molecule has 4 nitrogen and oxygen atoms in total. The predicted molar refractivity (Wildman–Crippen MR) is 82.0 cm³/mol. The number of alkyl halides is 3. The number of nitrogens with zero attached hydrogens (tertiary/aromatic N) is 2. The number of hydrogen-bond donors (Lipinski definition) is 1. The molecule has 124 valence electrons. The van der Waals surface area contributed by atoms with Gasteiger partial charge in [-0.1, -0.05) is 11.6 Å². The van der Waals surface area contributed by atoms with Crippen molar-refractivity contribution in [3.8, 4) is 11.1 Å². The Balaban J connectivity index is 2.20. The van der Waals surface area contributed by atoms with Crippen LogP contribution in [0.15, 0.2) is 42.7 Å². The summed E-state index contributed by atoms with van der Waals surface area (Å²) in [5.74, 6) is -1.05. The summed E-state index contributed by atoms with van der Waals surface area (Å²) in [6, 6.07) is 6.30. The van der Waals surface area contributed by atoms with Gasteiger partial charge in [0.15, 0.2) is 0 Å². The zero-order chi connectivity index (χ0) is 17.5. The lowest BCUT2D eigenvalue weighted by molar-refractivity contribution is -0.137. The third-order valence-electron chi connectivity index (χ3n) is 3.54. The molecule has 0 unspecified atom stereocenters. The SMILES string of the molecule is O=C(O)Cc1cnn2ccc(-c3cc(Cl)ccc3C(F)(F)F)cc12. The summed E-state index contributed by atoms with van der Waals surface area (Å²) < 4.78 is 41.1. The monoisotopic (exact) mass is 354 g/mol. The standard InChI is InChI=1S/C16H10ClF3N2O2/c17-11-1-2-13(16(18,19)20)12(7-11)9-3-4-22-14(5-9)10(8-21-22)6-15(23)24/h1-5,7-8H,6H2,(H,23,24). The molecule has 1 N–H and O–H groups in total. The van der Waals surface area contributed by atoms with E-state index in [0.717, 1.165) is 6.07 Å². The van der Waals surface area contributed by atoms with Gasteiger partial charge in [-0.3, -0.25) is 4.79 Å². The molecular formula is C16H10ClF3N2O2. The lowest BCUT2D eigenvalue weighted by atomic mass is 9.99. The van der Waals surface area contributed by atoms with E-state index >= 15 is 0 Å².